The van der Waals surface area contributed by atoms with Crippen LogP contribution in [0.25, 0.3) is 0 Å². The summed E-state index contributed by atoms with van der Waals surface area (Å²) in [6, 6.07) is 5.80. The van der Waals surface area contributed by atoms with E-state index in [2.05, 4.69) is 79.6 Å². The van der Waals surface area contributed by atoms with Gasteiger partial charge in [0, 0.05) is 31.0 Å². The highest BCUT2D eigenvalue weighted by molar-refractivity contribution is 9.13. The second-order valence-corrected chi connectivity index (χ2v) is 8.51. The number of ether oxygens (including phenoxy) is 1. The molecule has 0 bridgehead atoms. The Hall–Kier alpha value is 0.440. The predicted octanol–water partition coefficient (Wildman–Crippen LogP) is 6.80. The first-order valence-electron chi connectivity index (χ1n) is 5.72. The number of phenols is 1. The zero-order valence-corrected chi connectivity index (χ0v) is 18.6. The van der Waals surface area contributed by atoms with Gasteiger partial charge in [-0.25, -0.2) is 0 Å². The molecule has 0 amide bonds. The van der Waals surface area contributed by atoms with Gasteiger partial charge < -0.3 is 9.84 Å². The lowest BCUT2D eigenvalue weighted by atomic mass is 10.0. The maximum Gasteiger partial charge on any atom is 0.136 e. The zero-order valence-electron chi connectivity index (χ0n) is 10.7. The summed E-state index contributed by atoms with van der Waals surface area (Å²) in [6.45, 7) is 0. The maximum absolute atomic E-state index is 10.4. The van der Waals surface area contributed by atoms with E-state index in [1.54, 1.807) is 7.11 Å². The van der Waals surface area contributed by atoms with E-state index in [0.717, 1.165) is 34.8 Å². The first kappa shape index (κ1) is 17.8. The summed E-state index contributed by atoms with van der Waals surface area (Å²) in [5, 5.41) is 10.4. The summed E-state index contributed by atoms with van der Waals surface area (Å²) in [5.74, 6) is 0.956. The Balaban J connectivity index is 2.56. The zero-order chi connectivity index (χ0) is 15.7. The molecule has 0 fully saturated rings. The molecule has 2 nitrogen and oxygen atoms in total. The molecule has 2 aromatic carbocycles. The van der Waals surface area contributed by atoms with Gasteiger partial charge in [0.05, 0.1) is 16.1 Å². The van der Waals surface area contributed by atoms with Gasteiger partial charge in [0.25, 0.3) is 0 Å². The smallest absolute Gasteiger partial charge is 0.136 e. The number of rotatable bonds is 3. The van der Waals surface area contributed by atoms with Gasteiger partial charge in [-0.1, -0.05) is 31.9 Å². The fraction of sp³-hybridized carbons (Fsp3) is 0.143. The number of hydrogen-bond acceptors (Lipinski definition) is 2. The second-order valence-electron chi connectivity index (χ2n) is 4.24. The third-order valence-electron chi connectivity index (χ3n) is 2.90. The standard InChI is InChI=1S/C14H9Br5O2/c1-21-14-6(2-7(15)4-11(14)18)3-8-9(16)5-10(17)12(19)13(8)20/h2,4-5,20H,3H2,1H3. The first-order chi connectivity index (χ1) is 9.85. The highest BCUT2D eigenvalue weighted by atomic mass is 79.9. The van der Waals surface area contributed by atoms with Crippen LogP contribution < -0.4 is 4.74 Å². The van der Waals surface area contributed by atoms with Crippen LogP contribution in [0, 0.1) is 0 Å². The van der Waals surface area contributed by atoms with Crippen LogP contribution in [0.1, 0.15) is 11.1 Å². The van der Waals surface area contributed by atoms with Crippen molar-refractivity contribution in [2.75, 3.05) is 7.11 Å². The lowest BCUT2D eigenvalue weighted by Gasteiger charge is -2.15. The summed E-state index contributed by atoms with van der Waals surface area (Å²) < 4.78 is 9.51. The lowest BCUT2D eigenvalue weighted by molar-refractivity contribution is 0.407. The van der Waals surface area contributed by atoms with Gasteiger partial charge in [-0.3, -0.25) is 0 Å². The lowest BCUT2D eigenvalue weighted by Crippen LogP contribution is -1.97. The fourth-order valence-electron chi connectivity index (χ4n) is 1.95. The molecule has 0 aromatic heterocycles. The largest absolute Gasteiger partial charge is 0.506 e. The maximum atomic E-state index is 10.4. The topological polar surface area (TPSA) is 29.5 Å². The van der Waals surface area contributed by atoms with E-state index in [1.165, 1.54) is 0 Å². The Morgan fingerprint density at radius 2 is 1.62 bits per heavy atom. The summed E-state index contributed by atoms with van der Waals surface area (Å²) >= 11 is 17.2. The minimum Gasteiger partial charge on any atom is -0.506 e. The van der Waals surface area contributed by atoms with Crippen LogP contribution in [0.5, 0.6) is 11.5 Å². The number of benzene rings is 2. The Morgan fingerprint density at radius 3 is 2.24 bits per heavy atom. The normalized spacial score (nSPS) is 10.8. The molecule has 2 rings (SSSR count). The number of phenolic OH excluding ortho intramolecular Hbond substituents is 1. The highest BCUT2D eigenvalue weighted by Gasteiger charge is 2.17. The van der Waals surface area contributed by atoms with Gasteiger partial charge in [-0.2, -0.15) is 0 Å². The minimum atomic E-state index is 0.203. The quantitative estimate of drug-likeness (QED) is 0.389. The van der Waals surface area contributed by atoms with Crippen molar-refractivity contribution >= 4 is 79.6 Å². The molecule has 0 aliphatic carbocycles. The fourth-order valence-corrected chi connectivity index (χ4v) is 5.06. The molecule has 1 N–H and O–H groups in total. The molecule has 0 radical (unpaired) electrons. The van der Waals surface area contributed by atoms with Crippen molar-refractivity contribution in [3.8, 4) is 11.5 Å². The van der Waals surface area contributed by atoms with Crippen LogP contribution in [-0.2, 0) is 6.42 Å². The highest BCUT2D eigenvalue weighted by Crippen LogP contribution is 2.42. The van der Waals surface area contributed by atoms with E-state index in [0.29, 0.717) is 10.9 Å². The van der Waals surface area contributed by atoms with Crippen LogP contribution in [-0.4, -0.2) is 12.2 Å². The monoisotopic (exact) mass is 604 g/mol. The van der Waals surface area contributed by atoms with Crippen LogP contribution in [0.4, 0.5) is 0 Å². The SMILES string of the molecule is COc1c(Br)cc(Br)cc1Cc1c(Br)cc(Br)c(Br)c1O. The van der Waals surface area contributed by atoms with Crippen LogP contribution in [0.15, 0.2) is 40.6 Å². The van der Waals surface area contributed by atoms with Crippen molar-refractivity contribution in [3.05, 3.63) is 51.7 Å². The van der Waals surface area contributed by atoms with Gasteiger partial charge in [0.2, 0.25) is 0 Å². The van der Waals surface area contributed by atoms with Crippen molar-refractivity contribution in [3.63, 3.8) is 0 Å². The Morgan fingerprint density at radius 1 is 0.952 bits per heavy atom. The third kappa shape index (κ3) is 3.86. The first-order valence-corrected chi connectivity index (χ1v) is 9.69. The molecule has 7 heteroatoms. The Kier molecular flexibility index (Phi) is 6.22. The van der Waals surface area contributed by atoms with Crippen molar-refractivity contribution in [2.24, 2.45) is 0 Å². The molecule has 0 unspecified atom stereocenters. The molecule has 0 saturated heterocycles. The Labute approximate surface area is 164 Å². The van der Waals surface area contributed by atoms with E-state index in [4.69, 9.17) is 4.74 Å². The van der Waals surface area contributed by atoms with Crippen molar-refractivity contribution in [1.82, 2.24) is 0 Å². The number of hydrogen-bond donors (Lipinski definition) is 1. The number of methoxy groups -OCH3 is 1. The molecule has 21 heavy (non-hydrogen) atoms. The average molecular weight is 609 g/mol. The van der Waals surface area contributed by atoms with Crippen LogP contribution in [0.2, 0.25) is 0 Å². The molecule has 0 aliphatic rings. The van der Waals surface area contributed by atoms with Crippen molar-refractivity contribution < 1.29 is 9.84 Å². The van der Waals surface area contributed by atoms with E-state index in [1.807, 2.05) is 18.2 Å². The van der Waals surface area contributed by atoms with Crippen molar-refractivity contribution in [1.29, 1.82) is 0 Å². The Bertz CT molecular complexity index is 700. The second kappa shape index (κ2) is 7.34. The average Bonchev–Trinajstić information content (AvgIpc) is 2.41. The molecular formula is C14H9Br5O2. The van der Waals surface area contributed by atoms with E-state index in [-0.39, 0.29) is 5.75 Å². The molecule has 0 saturated carbocycles. The summed E-state index contributed by atoms with van der Waals surface area (Å²) in [4.78, 5) is 0. The predicted molar refractivity (Wildman–Crippen MR) is 102 cm³/mol. The van der Waals surface area contributed by atoms with Gasteiger partial charge in [0.1, 0.15) is 11.5 Å². The van der Waals surface area contributed by atoms with Crippen LogP contribution >= 0.6 is 79.6 Å². The van der Waals surface area contributed by atoms with E-state index >= 15 is 0 Å². The molecule has 112 valence electrons. The van der Waals surface area contributed by atoms with Gasteiger partial charge in [0.15, 0.2) is 0 Å². The molecular weight excluding hydrogens is 600 g/mol. The van der Waals surface area contributed by atoms with Crippen molar-refractivity contribution in [2.45, 2.75) is 6.42 Å². The van der Waals surface area contributed by atoms with Crippen LogP contribution in [0.3, 0.4) is 0 Å². The molecule has 0 atom stereocenters. The molecule has 2 aromatic rings. The summed E-state index contributed by atoms with van der Waals surface area (Å²) in [7, 11) is 1.63. The number of halogens is 5. The van der Waals surface area contributed by atoms with E-state index in [9.17, 15) is 5.11 Å². The van der Waals surface area contributed by atoms with Gasteiger partial charge in [-0.05, 0) is 66.0 Å². The molecule has 0 aliphatic heterocycles. The minimum absolute atomic E-state index is 0.203. The summed E-state index contributed by atoms with van der Waals surface area (Å²) in [6.07, 6.45) is 0.527. The van der Waals surface area contributed by atoms with E-state index < -0.39 is 0 Å². The molecule has 0 heterocycles. The summed E-state index contributed by atoms with van der Waals surface area (Å²) in [5.41, 5.74) is 1.75. The number of aromatic hydroxyl groups is 1. The molecule has 0 spiro atoms. The van der Waals surface area contributed by atoms with Gasteiger partial charge >= 0.3 is 0 Å². The van der Waals surface area contributed by atoms with Gasteiger partial charge in [-0.15, -0.1) is 0 Å². The third-order valence-corrected chi connectivity index (χ3v) is 6.62.